The van der Waals surface area contributed by atoms with Gasteiger partial charge < -0.3 is 15.5 Å². The van der Waals surface area contributed by atoms with Gasteiger partial charge in [-0.25, -0.2) is 0 Å². The van der Waals surface area contributed by atoms with Crippen molar-refractivity contribution in [3.63, 3.8) is 0 Å². The van der Waals surface area contributed by atoms with Crippen LogP contribution in [0.1, 0.15) is 61.0 Å². The Labute approximate surface area is 178 Å². The zero-order chi connectivity index (χ0) is 21.3. The summed E-state index contributed by atoms with van der Waals surface area (Å²) in [7, 11) is 0. The van der Waals surface area contributed by atoms with Crippen molar-refractivity contribution in [2.24, 2.45) is 11.3 Å². The molecule has 1 atom stereocenters. The van der Waals surface area contributed by atoms with Crippen LogP contribution < -0.4 is 16.0 Å². The van der Waals surface area contributed by atoms with Crippen molar-refractivity contribution in [3.05, 3.63) is 34.9 Å². The van der Waals surface area contributed by atoms with E-state index < -0.39 is 6.04 Å². The Bertz CT molecular complexity index is 845. The molecule has 3 N–H and O–H groups in total. The number of imide groups is 1. The van der Waals surface area contributed by atoms with Crippen LogP contribution in [0.2, 0.25) is 0 Å². The molecule has 2 saturated heterocycles. The number of fused-ring (bicyclic) bond motifs is 1. The zero-order valence-electron chi connectivity index (χ0n) is 17.9. The Morgan fingerprint density at radius 2 is 1.90 bits per heavy atom. The molecule has 0 bridgehead atoms. The van der Waals surface area contributed by atoms with Crippen LogP contribution in [0.4, 0.5) is 0 Å². The second-order valence-corrected chi connectivity index (χ2v) is 9.51. The lowest BCUT2D eigenvalue weighted by atomic mass is 9.74. The molecule has 0 radical (unpaired) electrons. The highest BCUT2D eigenvalue weighted by molar-refractivity contribution is 6.05. The van der Waals surface area contributed by atoms with Gasteiger partial charge in [0.25, 0.3) is 5.91 Å². The molecule has 162 valence electrons. The zero-order valence-corrected chi connectivity index (χ0v) is 17.9. The molecule has 7 nitrogen and oxygen atoms in total. The smallest absolute Gasteiger partial charge is 0.255 e. The van der Waals surface area contributed by atoms with Crippen LogP contribution in [0.5, 0.6) is 0 Å². The van der Waals surface area contributed by atoms with Crippen molar-refractivity contribution in [2.75, 3.05) is 19.6 Å². The second-order valence-electron chi connectivity index (χ2n) is 9.51. The number of hydrogen-bond donors (Lipinski definition) is 3. The molecule has 3 aliphatic heterocycles. The molecule has 4 rings (SSSR count). The van der Waals surface area contributed by atoms with Crippen molar-refractivity contribution in [1.29, 1.82) is 0 Å². The topological polar surface area (TPSA) is 90.5 Å². The molecular formula is C23H32N4O3. The first-order valence-corrected chi connectivity index (χ1v) is 11.0. The third kappa shape index (κ3) is 4.27. The van der Waals surface area contributed by atoms with Gasteiger partial charge in [-0.3, -0.25) is 19.7 Å². The molecule has 0 spiro atoms. The number of hydrogen-bond acceptors (Lipinski definition) is 5. The minimum atomic E-state index is -0.560. The molecule has 3 aliphatic rings. The monoisotopic (exact) mass is 412 g/mol. The number of nitrogens with one attached hydrogen (secondary N) is 3. The van der Waals surface area contributed by atoms with Crippen LogP contribution in [-0.4, -0.2) is 48.3 Å². The number of amides is 3. The summed E-state index contributed by atoms with van der Waals surface area (Å²) in [6.45, 7) is 9.04. The first-order valence-electron chi connectivity index (χ1n) is 11.0. The van der Waals surface area contributed by atoms with Gasteiger partial charge in [-0.2, -0.15) is 0 Å². The van der Waals surface area contributed by atoms with Crippen LogP contribution in [0.15, 0.2) is 18.2 Å². The van der Waals surface area contributed by atoms with Crippen LogP contribution in [0.25, 0.3) is 0 Å². The number of benzene rings is 1. The van der Waals surface area contributed by atoms with Gasteiger partial charge in [-0.15, -0.1) is 0 Å². The highest BCUT2D eigenvalue weighted by atomic mass is 16.2. The van der Waals surface area contributed by atoms with E-state index in [0.717, 1.165) is 43.2 Å². The number of piperidine rings is 2. The third-order valence-electron chi connectivity index (χ3n) is 6.94. The van der Waals surface area contributed by atoms with Gasteiger partial charge in [-0.05, 0) is 60.9 Å². The molecule has 0 aromatic heterocycles. The Morgan fingerprint density at radius 1 is 1.13 bits per heavy atom. The van der Waals surface area contributed by atoms with Crippen molar-refractivity contribution in [3.8, 4) is 0 Å². The van der Waals surface area contributed by atoms with E-state index in [1.54, 1.807) is 4.90 Å². The average molecular weight is 413 g/mol. The Balaban J connectivity index is 1.36. The SMILES string of the molecule is CC(C)(CNCc1ccc2c(c1)CN(C1CCC(=O)NC1=O)C2=O)C1CCNCC1. The summed E-state index contributed by atoms with van der Waals surface area (Å²) in [5.74, 6) is -0.0207. The summed E-state index contributed by atoms with van der Waals surface area (Å²) >= 11 is 0. The summed E-state index contributed by atoms with van der Waals surface area (Å²) in [5.41, 5.74) is 3.02. The molecule has 30 heavy (non-hydrogen) atoms. The van der Waals surface area contributed by atoms with Crippen LogP contribution in [-0.2, 0) is 22.7 Å². The highest BCUT2D eigenvalue weighted by Crippen LogP contribution is 2.33. The maximum Gasteiger partial charge on any atom is 0.255 e. The predicted molar refractivity (Wildman–Crippen MR) is 114 cm³/mol. The lowest BCUT2D eigenvalue weighted by molar-refractivity contribution is -0.136. The Hall–Kier alpha value is -2.25. The van der Waals surface area contributed by atoms with Crippen molar-refractivity contribution < 1.29 is 14.4 Å². The van der Waals surface area contributed by atoms with Crippen molar-refractivity contribution in [1.82, 2.24) is 20.9 Å². The standard InChI is InChI=1S/C23H32N4O3/c1-23(2,17-7-9-24-10-8-17)14-25-12-15-3-4-18-16(11-15)13-27(22(18)30)19-5-6-20(28)26-21(19)29/h3-4,11,17,19,24-25H,5-10,12-14H2,1-2H3,(H,26,28,29). The number of carbonyl (C=O) groups excluding carboxylic acids is 3. The fourth-order valence-electron chi connectivity index (χ4n) is 5.01. The fraction of sp³-hybridized carbons (Fsp3) is 0.609. The van der Waals surface area contributed by atoms with E-state index >= 15 is 0 Å². The van der Waals surface area contributed by atoms with Crippen molar-refractivity contribution in [2.45, 2.75) is 58.7 Å². The van der Waals surface area contributed by atoms with Crippen LogP contribution in [0.3, 0.4) is 0 Å². The maximum absolute atomic E-state index is 12.8. The van der Waals surface area contributed by atoms with E-state index in [0.29, 0.717) is 18.5 Å². The number of nitrogens with zero attached hydrogens (tertiary/aromatic N) is 1. The largest absolute Gasteiger partial charge is 0.322 e. The highest BCUT2D eigenvalue weighted by Gasteiger charge is 2.39. The summed E-state index contributed by atoms with van der Waals surface area (Å²) in [6, 6.07) is 5.38. The van der Waals surface area contributed by atoms with Gasteiger partial charge in [-0.1, -0.05) is 26.0 Å². The first-order chi connectivity index (χ1) is 14.3. The van der Waals surface area contributed by atoms with Crippen LogP contribution >= 0.6 is 0 Å². The lowest BCUT2D eigenvalue weighted by Crippen LogP contribution is -2.52. The normalized spacial score (nSPS) is 22.9. The van der Waals surface area contributed by atoms with Gasteiger partial charge >= 0.3 is 0 Å². The summed E-state index contributed by atoms with van der Waals surface area (Å²) in [5, 5.41) is 9.39. The number of carbonyl (C=O) groups is 3. The van der Waals surface area contributed by atoms with Gasteiger partial charge in [0.2, 0.25) is 11.8 Å². The summed E-state index contributed by atoms with van der Waals surface area (Å²) in [4.78, 5) is 38.0. The second kappa shape index (κ2) is 8.47. The first kappa shape index (κ1) is 21.0. The Kier molecular flexibility index (Phi) is 5.93. The predicted octanol–water partition coefficient (Wildman–Crippen LogP) is 1.56. The molecule has 2 fully saturated rings. The molecule has 7 heteroatoms. The van der Waals surface area contributed by atoms with Gasteiger partial charge in [0, 0.05) is 31.6 Å². The summed E-state index contributed by atoms with van der Waals surface area (Å²) < 4.78 is 0. The minimum absolute atomic E-state index is 0.119. The molecule has 3 amide bonds. The van der Waals surface area contributed by atoms with Crippen LogP contribution in [0, 0.1) is 11.3 Å². The molecule has 1 aromatic carbocycles. The molecule has 0 aliphatic carbocycles. The molecule has 3 heterocycles. The van der Waals surface area contributed by atoms with E-state index in [-0.39, 0.29) is 29.6 Å². The molecule has 1 unspecified atom stereocenters. The van der Waals surface area contributed by atoms with E-state index in [2.05, 4.69) is 35.9 Å². The van der Waals surface area contributed by atoms with E-state index in [9.17, 15) is 14.4 Å². The van der Waals surface area contributed by atoms with Gasteiger partial charge in [0.1, 0.15) is 6.04 Å². The molecule has 1 aromatic rings. The van der Waals surface area contributed by atoms with Gasteiger partial charge in [0.15, 0.2) is 0 Å². The maximum atomic E-state index is 12.8. The van der Waals surface area contributed by atoms with E-state index in [4.69, 9.17) is 0 Å². The minimum Gasteiger partial charge on any atom is -0.322 e. The third-order valence-corrected chi connectivity index (χ3v) is 6.94. The Morgan fingerprint density at radius 3 is 2.63 bits per heavy atom. The molecular weight excluding hydrogens is 380 g/mol. The van der Waals surface area contributed by atoms with Crippen molar-refractivity contribution >= 4 is 17.7 Å². The lowest BCUT2D eigenvalue weighted by Gasteiger charge is -2.37. The van der Waals surface area contributed by atoms with E-state index in [1.165, 1.54) is 12.8 Å². The molecule has 0 saturated carbocycles. The number of rotatable bonds is 6. The van der Waals surface area contributed by atoms with Gasteiger partial charge in [0.05, 0.1) is 0 Å². The average Bonchev–Trinajstić information content (AvgIpc) is 3.04. The fourth-order valence-corrected chi connectivity index (χ4v) is 5.01. The van der Waals surface area contributed by atoms with E-state index in [1.807, 2.05) is 12.1 Å². The quantitative estimate of drug-likeness (QED) is 0.617. The summed E-state index contributed by atoms with van der Waals surface area (Å²) in [6.07, 6.45) is 3.13.